The molecule has 0 radical (unpaired) electrons. The molecule has 0 aliphatic rings. The van der Waals surface area contributed by atoms with Crippen LogP contribution < -0.4 is 9.88 Å². The Morgan fingerprint density at radius 2 is 2.07 bits per heavy atom. The predicted octanol–water partition coefficient (Wildman–Crippen LogP) is 1.24. The van der Waals surface area contributed by atoms with Crippen LogP contribution in [0.25, 0.3) is 0 Å². The van der Waals surface area contributed by atoms with E-state index in [4.69, 9.17) is 5.14 Å². The lowest BCUT2D eigenvalue weighted by Crippen LogP contribution is -2.13. The first kappa shape index (κ1) is 11.4. The number of primary sulfonamides is 1. The molecule has 0 aliphatic heterocycles. The highest BCUT2D eigenvalue weighted by Crippen LogP contribution is 2.30. The van der Waals surface area contributed by atoms with Gasteiger partial charge in [-0.15, -0.1) is 0 Å². The van der Waals surface area contributed by atoms with Crippen LogP contribution in [0.2, 0.25) is 0 Å². The fourth-order valence-corrected chi connectivity index (χ4v) is 2.49. The van der Waals surface area contributed by atoms with Gasteiger partial charge in [0, 0.05) is 0 Å². The highest BCUT2D eigenvalue weighted by Gasteiger charge is 2.18. The van der Waals surface area contributed by atoms with E-state index in [1.54, 1.807) is 0 Å². The van der Waals surface area contributed by atoms with Crippen molar-refractivity contribution < 1.29 is 17.5 Å². The molecule has 0 aromatic heterocycles. The van der Waals surface area contributed by atoms with E-state index in [2.05, 4.69) is 20.7 Å². The molecular formula is C7H7BrFNO3S. The molecule has 1 rings (SSSR count). The summed E-state index contributed by atoms with van der Waals surface area (Å²) >= 11 is 2.79. The molecular weight excluding hydrogens is 277 g/mol. The van der Waals surface area contributed by atoms with Crippen molar-refractivity contribution >= 4 is 26.0 Å². The Bertz CT molecular complexity index is 460. The Morgan fingerprint density at radius 1 is 1.50 bits per heavy atom. The Morgan fingerprint density at radius 3 is 2.50 bits per heavy atom. The standard InChI is InChI=1S/C7H7BrFNO3S/c1-13-4-2-3-5(14(10,11)12)6(8)7(4)9/h2-3H,1H3,(H2,10,11,12). The molecule has 78 valence electrons. The molecule has 0 amide bonds. The highest BCUT2D eigenvalue weighted by atomic mass is 79.9. The summed E-state index contributed by atoms with van der Waals surface area (Å²) in [5.74, 6) is -0.844. The summed E-state index contributed by atoms with van der Waals surface area (Å²) in [5.41, 5.74) is 0. The SMILES string of the molecule is COc1ccc(S(N)(=O)=O)c(Br)c1F. The van der Waals surface area contributed by atoms with E-state index in [9.17, 15) is 12.8 Å². The van der Waals surface area contributed by atoms with Crippen LogP contribution in [0, 0.1) is 5.82 Å². The van der Waals surface area contributed by atoms with Gasteiger partial charge < -0.3 is 4.74 Å². The first-order valence-corrected chi connectivity index (χ1v) is 5.76. The minimum Gasteiger partial charge on any atom is -0.494 e. The van der Waals surface area contributed by atoms with E-state index in [-0.39, 0.29) is 15.1 Å². The van der Waals surface area contributed by atoms with Crippen LogP contribution >= 0.6 is 15.9 Å². The van der Waals surface area contributed by atoms with Gasteiger partial charge in [0.15, 0.2) is 11.6 Å². The molecule has 0 aliphatic carbocycles. The molecule has 0 saturated carbocycles. The molecule has 1 aromatic carbocycles. The number of halogens is 2. The van der Waals surface area contributed by atoms with Crippen molar-refractivity contribution in [1.82, 2.24) is 0 Å². The van der Waals surface area contributed by atoms with E-state index in [0.717, 1.165) is 0 Å². The lowest BCUT2D eigenvalue weighted by atomic mass is 10.3. The van der Waals surface area contributed by atoms with Crippen LogP contribution in [0.15, 0.2) is 21.5 Å². The van der Waals surface area contributed by atoms with Crippen molar-refractivity contribution in [3.05, 3.63) is 22.4 Å². The second-order valence-electron chi connectivity index (χ2n) is 2.44. The van der Waals surface area contributed by atoms with Gasteiger partial charge in [0.2, 0.25) is 10.0 Å². The second-order valence-corrected chi connectivity index (χ2v) is 4.76. The van der Waals surface area contributed by atoms with Crippen molar-refractivity contribution in [2.75, 3.05) is 7.11 Å². The lowest BCUT2D eigenvalue weighted by Gasteiger charge is -2.06. The topological polar surface area (TPSA) is 69.4 Å². The quantitative estimate of drug-likeness (QED) is 0.888. The van der Waals surface area contributed by atoms with Gasteiger partial charge in [0.05, 0.1) is 16.5 Å². The molecule has 1 aromatic rings. The minimum absolute atomic E-state index is 0.0516. The molecule has 0 saturated heterocycles. The van der Waals surface area contributed by atoms with Gasteiger partial charge in [-0.25, -0.2) is 17.9 Å². The third kappa shape index (κ3) is 2.05. The van der Waals surface area contributed by atoms with Crippen molar-refractivity contribution in [3.63, 3.8) is 0 Å². The van der Waals surface area contributed by atoms with E-state index in [1.807, 2.05) is 0 Å². The van der Waals surface area contributed by atoms with Gasteiger partial charge in [-0.3, -0.25) is 0 Å². The maximum Gasteiger partial charge on any atom is 0.239 e. The second kappa shape index (κ2) is 3.84. The smallest absolute Gasteiger partial charge is 0.239 e. The number of benzene rings is 1. The van der Waals surface area contributed by atoms with E-state index in [1.165, 1.54) is 19.2 Å². The molecule has 0 unspecified atom stereocenters. The Labute approximate surface area is 89.0 Å². The monoisotopic (exact) mass is 283 g/mol. The third-order valence-electron chi connectivity index (χ3n) is 1.54. The summed E-state index contributed by atoms with van der Waals surface area (Å²) in [6, 6.07) is 2.36. The van der Waals surface area contributed by atoms with Gasteiger partial charge in [-0.1, -0.05) is 0 Å². The van der Waals surface area contributed by atoms with Gasteiger partial charge in [0.25, 0.3) is 0 Å². The average Bonchev–Trinajstić information content (AvgIpc) is 2.07. The van der Waals surface area contributed by atoms with Crippen LogP contribution in [0.4, 0.5) is 4.39 Å². The van der Waals surface area contributed by atoms with Crippen molar-refractivity contribution in [1.29, 1.82) is 0 Å². The van der Waals surface area contributed by atoms with Crippen molar-refractivity contribution in [2.45, 2.75) is 4.90 Å². The molecule has 0 atom stereocenters. The number of nitrogens with two attached hydrogens (primary N) is 1. The number of sulfonamides is 1. The zero-order chi connectivity index (χ0) is 10.9. The summed E-state index contributed by atoms with van der Waals surface area (Å²) in [6.45, 7) is 0. The van der Waals surface area contributed by atoms with Crippen LogP contribution in [0.5, 0.6) is 5.75 Å². The van der Waals surface area contributed by atoms with E-state index < -0.39 is 15.8 Å². The van der Waals surface area contributed by atoms with Gasteiger partial charge >= 0.3 is 0 Å². The molecule has 0 fully saturated rings. The summed E-state index contributed by atoms with van der Waals surface area (Å²) in [6.07, 6.45) is 0. The number of methoxy groups -OCH3 is 1. The fraction of sp³-hybridized carbons (Fsp3) is 0.143. The first-order valence-electron chi connectivity index (χ1n) is 3.42. The van der Waals surface area contributed by atoms with Gasteiger partial charge in [0.1, 0.15) is 0 Å². The summed E-state index contributed by atoms with van der Waals surface area (Å²) in [7, 11) is -2.64. The predicted molar refractivity (Wildman–Crippen MR) is 52.0 cm³/mol. The van der Waals surface area contributed by atoms with Crippen LogP contribution in [-0.2, 0) is 10.0 Å². The molecule has 2 N–H and O–H groups in total. The van der Waals surface area contributed by atoms with Crippen LogP contribution in [0.1, 0.15) is 0 Å². The van der Waals surface area contributed by atoms with E-state index >= 15 is 0 Å². The summed E-state index contributed by atoms with van der Waals surface area (Å²) < 4.78 is 39.6. The molecule has 0 spiro atoms. The van der Waals surface area contributed by atoms with Crippen LogP contribution in [-0.4, -0.2) is 15.5 Å². The molecule has 14 heavy (non-hydrogen) atoms. The number of ether oxygens (including phenoxy) is 1. The molecule has 0 heterocycles. The van der Waals surface area contributed by atoms with E-state index in [0.29, 0.717) is 0 Å². The van der Waals surface area contributed by atoms with Crippen molar-refractivity contribution in [3.8, 4) is 5.75 Å². The maximum atomic E-state index is 13.3. The summed E-state index contributed by atoms with van der Waals surface area (Å²) in [4.78, 5) is -0.309. The largest absolute Gasteiger partial charge is 0.494 e. The fourth-order valence-electron chi connectivity index (χ4n) is 0.891. The molecule has 0 bridgehead atoms. The Hall–Kier alpha value is -0.660. The highest BCUT2D eigenvalue weighted by molar-refractivity contribution is 9.10. The molecule has 4 nitrogen and oxygen atoms in total. The lowest BCUT2D eigenvalue weighted by molar-refractivity contribution is 0.384. The number of hydrogen-bond acceptors (Lipinski definition) is 3. The normalized spacial score (nSPS) is 11.4. The van der Waals surface area contributed by atoms with Gasteiger partial charge in [-0.05, 0) is 28.1 Å². The van der Waals surface area contributed by atoms with Gasteiger partial charge in [-0.2, -0.15) is 0 Å². The minimum atomic E-state index is -3.92. The number of rotatable bonds is 2. The first-order chi connectivity index (χ1) is 6.38. The molecule has 7 heteroatoms. The Kier molecular flexibility index (Phi) is 3.13. The zero-order valence-corrected chi connectivity index (χ0v) is 9.52. The average molecular weight is 284 g/mol. The summed E-state index contributed by atoms with van der Waals surface area (Å²) in [5, 5.41) is 4.85. The van der Waals surface area contributed by atoms with Crippen molar-refractivity contribution in [2.24, 2.45) is 5.14 Å². The zero-order valence-electron chi connectivity index (χ0n) is 7.12. The Balaban J connectivity index is 3.47. The van der Waals surface area contributed by atoms with Crippen LogP contribution in [0.3, 0.4) is 0 Å². The maximum absolute atomic E-state index is 13.3. The number of hydrogen-bond donors (Lipinski definition) is 1. The third-order valence-corrected chi connectivity index (χ3v) is 3.53.